The molecule has 2 aromatic heterocycles. The van der Waals surface area contributed by atoms with E-state index in [4.69, 9.17) is 5.14 Å². The van der Waals surface area contributed by atoms with Gasteiger partial charge >= 0.3 is 0 Å². The van der Waals surface area contributed by atoms with E-state index >= 15 is 0 Å². The molecule has 3 rings (SSSR count). The Balaban J connectivity index is 1.75. The summed E-state index contributed by atoms with van der Waals surface area (Å²) < 4.78 is 25.5. The summed E-state index contributed by atoms with van der Waals surface area (Å²) in [5.41, 5.74) is 0.954. The highest BCUT2D eigenvalue weighted by atomic mass is 32.2. The summed E-state index contributed by atoms with van der Waals surface area (Å²) in [6, 6.07) is 1.98. The fraction of sp³-hybridized carbons (Fsp3) is 0.500. The van der Waals surface area contributed by atoms with Crippen LogP contribution in [0.15, 0.2) is 17.8 Å². The Hall–Kier alpha value is -1.29. The molecule has 3 heterocycles. The van der Waals surface area contributed by atoms with Gasteiger partial charge in [-0.3, -0.25) is 0 Å². The number of thiophene rings is 1. The molecule has 1 atom stereocenters. The molecule has 7 nitrogen and oxygen atoms in total. The van der Waals surface area contributed by atoms with E-state index in [1.54, 1.807) is 17.7 Å². The molecule has 1 fully saturated rings. The third-order valence-corrected chi connectivity index (χ3v) is 5.08. The van der Waals surface area contributed by atoms with Gasteiger partial charge in [-0.15, -0.1) is 11.3 Å². The minimum atomic E-state index is -3.62. The van der Waals surface area contributed by atoms with E-state index in [1.807, 2.05) is 11.4 Å². The zero-order chi connectivity index (χ0) is 14.9. The van der Waals surface area contributed by atoms with Crippen LogP contribution in [0.25, 0.3) is 10.2 Å². The van der Waals surface area contributed by atoms with Gasteiger partial charge in [-0.05, 0) is 30.2 Å². The van der Waals surface area contributed by atoms with Gasteiger partial charge in [0, 0.05) is 19.6 Å². The lowest BCUT2D eigenvalue weighted by Crippen LogP contribution is -2.42. The SMILES string of the molecule is NS(=O)(=O)NC[C@H]1CCCN(c2ncnc3ccsc23)C1. The van der Waals surface area contributed by atoms with E-state index in [9.17, 15) is 8.42 Å². The molecule has 0 aromatic carbocycles. The molecule has 1 aliphatic rings. The molecule has 0 radical (unpaired) electrons. The lowest BCUT2D eigenvalue weighted by molar-refractivity contribution is 0.410. The number of hydrogen-bond acceptors (Lipinski definition) is 6. The Morgan fingerprint density at radius 1 is 1.48 bits per heavy atom. The quantitative estimate of drug-likeness (QED) is 0.861. The number of hydrogen-bond donors (Lipinski definition) is 2. The maximum absolute atomic E-state index is 11.0. The number of nitrogens with zero attached hydrogens (tertiary/aromatic N) is 3. The minimum absolute atomic E-state index is 0.238. The van der Waals surface area contributed by atoms with Gasteiger partial charge in [0.05, 0.1) is 10.2 Å². The summed E-state index contributed by atoms with van der Waals surface area (Å²) >= 11 is 1.63. The minimum Gasteiger partial charge on any atom is -0.355 e. The van der Waals surface area contributed by atoms with Crippen molar-refractivity contribution in [3.05, 3.63) is 17.8 Å². The van der Waals surface area contributed by atoms with Gasteiger partial charge in [-0.2, -0.15) is 8.42 Å². The monoisotopic (exact) mass is 327 g/mol. The molecule has 9 heteroatoms. The van der Waals surface area contributed by atoms with Crippen molar-refractivity contribution in [3.63, 3.8) is 0 Å². The van der Waals surface area contributed by atoms with Crippen molar-refractivity contribution in [3.8, 4) is 0 Å². The Morgan fingerprint density at radius 3 is 3.14 bits per heavy atom. The van der Waals surface area contributed by atoms with E-state index in [0.717, 1.165) is 42.0 Å². The summed E-state index contributed by atoms with van der Waals surface area (Å²) in [6.45, 7) is 2.07. The fourth-order valence-corrected chi connectivity index (χ4v) is 3.99. The largest absolute Gasteiger partial charge is 0.355 e. The molecular formula is C12H17N5O2S2. The van der Waals surface area contributed by atoms with Crippen LogP contribution in [0.1, 0.15) is 12.8 Å². The molecule has 0 spiro atoms. The highest BCUT2D eigenvalue weighted by Crippen LogP contribution is 2.30. The van der Waals surface area contributed by atoms with Crippen molar-refractivity contribution in [2.75, 3.05) is 24.5 Å². The normalized spacial score (nSPS) is 20.0. The third kappa shape index (κ3) is 3.49. The summed E-state index contributed by atoms with van der Waals surface area (Å²) in [5, 5.41) is 6.99. The van der Waals surface area contributed by atoms with Gasteiger partial charge in [0.2, 0.25) is 0 Å². The molecule has 21 heavy (non-hydrogen) atoms. The Bertz CT molecular complexity index is 730. The summed E-state index contributed by atoms with van der Waals surface area (Å²) in [6.07, 6.45) is 3.57. The first-order valence-electron chi connectivity index (χ1n) is 6.73. The number of nitrogens with one attached hydrogen (secondary N) is 1. The van der Waals surface area contributed by atoms with Gasteiger partial charge < -0.3 is 4.90 Å². The summed E-state index contributed by atoms with van der Waals surface area (Å²) in [5.74, 6) is 1.18. The van der Waals surface area contributed by atoms with Crippen molar-refractivity contribution in [2.45, 2.75) is 12.8 Å². The maximum atomic E-state index is 11.0. The van der Waals surface area contributed by atoms with Crippen LogP contribution in [0.5, 0.6) is 0 Å². The van der Waals surface area contributed by atoms with Crippen LogP contribution in [0.2, 0.25) is 0 Å². The van der Waals surface area contributed by atoms with E-state index in [0.29, 0.717) is 6.54 Å². The van der Waals surface area contributed by atoms with E-state index in [1.165, 1.54) is 0 Å². The van der Waals surface area contributed by atoms with Gasteiger partial charge in [0.15, 0.2) is 0 Å². The first kappa shape index (κ1) is 14.6. The van der Waals surface area contributed by atoms with Crippen LogP contribution in [-0.4, -0.2) is 38.0 Å². The molecule has 0 saturated carbocycles. The highest BCUT2D eigenvalue weighted by molar-refractivity contribution is 7.87. The average Bonchev–Trinajstić information content (AvgIpc) is 2.93. The van der Waals surface area contributed by atoms with Gasteiger partial charge in [0.1, 0.15) is 12.1 Å². The molecule has 0 bridgehead atoms. The average molecular weight is 327 g/mol. The Morgan fingerprint density at radius 2 is 2.33 bits per heavy atom. The molecule has 0 amide bonds. The Labute approximate surface area is 127 Å². The van der Waals surface area contributed by atoms with Gasteiger partial charge in [-0.1, -0.05) is 0 Å². The molecule has 114 valence electrons. The predicted molar refractivity (Wildman–Crippen MR) is 83.5 cm³/mol. The first-order valence-corrected chi connectivity index (χ1v) is 9.16. The second kappa shape index (κ2) is 5.84. The topological polar surface area (TPSA) is 101 Å². The van der Waals surface area contributed by atoms with Gasteiger partial charge in [0.25, 0.3) is 10.2 Å². The molecule has 1 saturated heterocycles. The lowest BCUT2D eigenvalue weighted by atomic mass is 9.98. The van der Waals surface area contributed by atoms with Crippen LogP contribution >= 0.6 is 11.3 Å². The third-order valence-electron chi connectivity index (χ3n) is 3.62. The molecule has 1 aliphatic heterocycles. The number of aromatic nitrogens is 2. The fourth-order valence-electron chi connectivity index (χ4n) is 2.66. The number of anilines is 1. The van der Waals surface area contributed by atoms with Crippen molar-refractivity contribution >= 4 is 37.6 Å². The highest BCUT2D eigenvalue weighted by Gasteiger charge is 2.23. The Kier molecular flexibility index (Phi) is 4.07. The number of fused-ring (bicyclic) bond motifs is 1. The van der Waals surface area contributed by atoms with Crippen LogP contribution in [0.4, 0.5) is 5.82 Å². The van der Waals surface area contributed by atoms with E-state index < -0.39 is 10.2 Å². The van der Waals surface area contributed by atoms with Crippen molar-refractivity contribution in [2.24, 2.45) is 11.1 Å². The molecular weight excluding hydrogens is 310 g/mol. The smallest absolute Gasteiger partial charge is 0.274 e. The zero-order valence-corrected chi connectivity index (χ0v) is 13.0. The van der Waals surface area contributed by atoms with E-state index in [2.05, 4.69) is 19.6 Å². The second-order valence-electron chi connectivity index (χ2n) is 5.18. The zero-order valence-electron chi connectivity index (χ0n) is 11.4. The van der Waals surface area contributed by atoms with Crippen molar-refractivity contribution in [1.29, 1.82) is 0 Å². The molecule has 0 unspecified atom stereocenters. The predicted octanol–water partition coefficient (Wildman–Crippen LogP) is 0.701. The molecule has 3 N–H and O–H groups in total. The summed E-state index contributed by atoms with van der Waals surface area (Å²) in [7, 11) is -3.62. The number of piperidine rings is 1. The van der Waals surface area contributed by atoms with Crippen LogP contribution in [0.3, 0.4) is 0 Å². The molecule has 0 aliphatic carbocycles. The van der Waals surface area contributed by atoms with Crippen LogP contribution < -0.4 is 14.8 Å². The van der Waals surface area contributed by atoms with Crippen molar-refractivity contribution in [1.82, 2.24) is 14.7 Å². The summed E-state index contributed by atoms with van der Waals surface area (Å²) in [4.78, 5) is 10.9. The lowest BCUT2D eigenvalue weighted by Gasteiger charge is -2.33. The first-order chi connectivity index (χ1) is 10.0. The van der Waals surface area contributed by atoms with Crippen LogP contribution in [0, 0.1) is 5.92 Å². The van der Waals surface area contributed by atoms with E-state index in [-0.39, 0.29) is 5.92 Å². The van der Waals surface area contributed by atoms with Gasteiger partial charge in [-0.25, -0.2) is 19.8 Å². The standard InChI is InChI=1S/C12H17N5O2S2/c13-21(18,19)16-6-9-2-1-4-17(7-9)12-11-10(3-5-20-11)14-8-15-12/h3,5,8-9,16H,1-2,4,6-7H2,(H2,13,18,19)/t9-/m1/s1. The maximum Gasteiger partial charge on any atom is 0.274 e. The second-order valence-corrected chi connectivity index (χ2v) is 7.47. The van der Waals surface area contributed by atoms with Crippen LogP contribution in [-0.2, 0) is 10.2 Å². The molecule has 2 aromatic rings. The van der Waals surface area contributed by atoms with Crippen molar-refractivity contribution < 1.29 is 8.42 Å². The number of nitrogens with two attached hydrogens (primary N) is 1. The number of rotatable bonds is 4.